The van der Waals surface area contributed by atoms with Crippen LogP contribution in [0.2, 0.25) is 5.02 Å². The van der Waals surface area contributed by atoms with E-state index < -0.39 is 5.82 Å². The lowest BCUT2D eigenvalue weighted by Gasteiger charge is -2.18. The highest BCUT2D eigenvalue weighted by atomic mass is 35.5. The largest absolute Gasteiger partial charge is 0.338 e. The molecule has 0 fully saturated rings. The molecule has 1 aromatic heterocycles. The lowest BCUT2D eigenvalue weighted by molar-refractivity contribution is 0.334. The molecular formula is C14H17ClFN3O. The third-order valence-corrected chi connectivity index (χ3v) is 2.95. The van der Waals surface area contributed by atoms with Crippen molar-refractivity contribution in [3.05, 3.63) is 46.3 Å². The summed E-state index contributed by atoms with van der Waals surface area (Å²) in [5.41, 5.74) is 0.418. The number of nitrogens with one attached hydrogen (secondary N) is 1. The van der Waals surface area contributed by atoms with Crippen LogP contribution in [0.4, 0.5) is 4.39 Å². The van der Waals surface area contributed by atoms with Crippen LogP contribution in [-0.4, -0.2) is 15.7 Å². The minimum Gasteiger partial charge on any atom is -0.338 e. The van der Waals surface area contributed by atoms with Crippen LogP contribution in [0.25, 0.3) is 0 Å². The van der Waals surface area contributed by atoms with E-state index in [9.17, 15) is 4.39 Å². The number of hydrogen-bond donors (Lipinski definition) is 1. The highest BCUT2D eigenvalue weighted by Gasteiger charge is 2.14. The number of rotatable bonds is 4. The fourth-order valence-electron chi connectivity index (χ4n) is 1.63. The van der Waals surface area contributed by atoms with Gasteiger partial charge in [-0.15, -0.1) is 0 Å². The molecule has 20 heavy (non-hydrogen) atoms. The van der Waals surface area contributed by atoms with Gasteiger partial charge in [0.25, 0.3) is 0 Å². The molecule has 0 saturated heterocycles. The highest BCUT2D eigenvalue weighted by Crippen LogP contribution is 2.19. The van der Waals surface area contributed by atoms with Gasteiger partial charge in [-0.3, -0.25) is 0 Å². The van der Waals surface area contributed by atoms with Crippen LogP contribution in [0.5, 0.6) is 0 Å². The average Bonchev–Trinajstić information content (AvgIpc) is 2.80. The fourth-order valence-corrected chi connectivity index (χ4v) is 1.82. The molecule has 2 rings (SSSR count). The van der Waals surface area contributed by atoms with Crippen LogP contribution >= 0.6 is 11.6 Å². The van der Waals surface area contributed by atoms with E-state index in [0.717, 1.165) is 0 Å². The predicted octanol–water partition coefficient (Wildman–Crippen LogP) is 3.34. The maximum Gasteiger partial charge on any atom is 0.240 e. The van der Waals surface area contributed by atoms with Gasteiger partial charge in [0.2, 0.25) is 5.89 Å². The van der Waals surface area contributed by atoms with Gasteiger partial charge in [0.1, 0.15) is 5.82 Å². The minimum absolute atomic E-state index is 0.0340. The summed E-state index contributed by atoms with van der Waals surface area (Å²) in [7, 11) is 0. The predicted molar refractivity (Wildman–Crippen MR) is 75.1 cm³/mol. The summed E-state index contributed by atoms with van der Waals surface area (Å²) in [6.45, 7) is 6.62. The zero-order valence-electron chi connectivity index (χ0n) is 11.7. The Labute approximate surface area is 122 Å². The molecule has 0 aliphatic rings. The number of hydrogen-bond acceptors (Lipinski definition) is 4. The first-order valence-electron chi connectivity index (χ1n) is 6.34. The second kappa shape index (κ2) is 5.89. The first-order chi connectivity index (χ1) is 9.35. The Morgan fingerprint density at radius 3 is 2.80 bits per heavy atom. The van der Waals surface area contributed by atoms with Crippen molar-refractivity contribution in [3.63, 3.8) is 0 Å². The standard InChI is InChI=1S/C14H17ClFN3O/c1-14(2,3)17-8-12-18-11(19-20-12)7-9-5-4-6-10(15)13(9)16/h4-6,17H,7-8H2,1-3H3. The third-order valence-electron chi connectivity index (χ3n) is 2.66. The molecule has 108 valence electrons. The Kier molecular flexibility index (Phi) is 4.40. The van der Waals surface area contributed by atoms with Gasteiger partial charge in [-0.25, -0.2) is 4.39 Å². The number of nitrogens with zero attached hydrogens (tertiary/aromatic N) is 2. The van der Waals surface area contributed by atoms with E-state index in [0.29, 0.717) is 23.8 Å². The van der Waals surface area contributed by atoms with Crippen LogP contribution in [-0.2, 0) is 13.0 Å². The molecule has 0 saturated carbocycles. The van der Waals surface area contributed by atoms with Crippen molar-refractivity contribution in [1.29, 1.82) is 0 Å². The van der Waals surface area contributed by atoms with E-state index in [4.69, 9.17) is 16.1 Å². The van der Waals surface area contributed by atoms with Gasteiger partial charge in [0, 0.05) is 12.0 Å². The van der Waals surface area contributed by atoms with E-state index in [-0.39, 0.29) is 17.0 Å². The van der Waals surface area contributed by atoms with E-state index in [1.165, 1.54) is 6.07 Å². The summed E-state index contributed by atoms with van der Waals surface area (Å²) in [5.74, 6) is 0.488. The molecule has 0 aliphatic carbocycles. The Balaban J connectivity index is 2.04. The van der Waals surface area contributed by atoms with Gasteiger partial charge in [-0.1, -0.05) is 28.9 Å². The van der Waals surface area contributed by atoms with Gasteiger partial charge >= 0.3 is 0 Å². The molecule has 6 heteroatoms. The zero-order chi connectivity index (χ0) is 14.8. The van der Waals surface area contributed by atoms with E-state index in [2.05, 4.69) is 15.5 Å². The summed E-state index contributed by atoms with van der Waals surface area (Å²) >= 11 is 5.74. The molecule has 0 spiro atoms. The van der Waals surface area contributed by atoms with Crippen molar-refractivity contribution in [3.8, 4) is 0 Å². The molecule has 4 nitrogen and oxygen atoms in total. The Morgan fingerprint density at radius 1 is 1.35 bits per heavy atom. The minimum atomic E-state index is -0.437. The maximum atomic E-state index is 13.8. The van der Waals surface area contributed by atoms with Crippen LogP contribution < -0.4 is 5.32 Å². The normalized spacial score (nSPS) is 11.8. The second-order valence-electron chi connectivity index (χ2n) is 5.60. The molecular weight excluding hydrogens is 281 g/mol. The molecule has 0 amide bonds. The number of benzene rings is 1. The van der Waals surface area contributed by atoms with Crippen molar-refractivity contribution in [2.45, 2.75) is 39.3 Å². The first-order valence-corrected chi connectivity index (χ1v) is 6.72. The summed E-state index contributed by atoms with van der Waals surface area (Å²) in [4.78, 5) is 4.23. The van der Waals surface area contributed by atoms with E-state index in [1.807, 2.05) is 20.8 Å². The summed E-state index contributed by atoms with van der Waals surface area (Å²) < 4.78 is 18.9. The highest BCUT2D eigenvalue weighted by molar-refractivity contribution is 6.30. The molecule has 1 aromatic carbocycles. The SMILES string of the molecule is CC(C)(C)NCc1nc(Cc2cccc(Cl)c2F)no1. The lowest BCUT2D eigenvalue weighted by Crippen LogP contribution is -2.35. The monoisotopic (exact) mass is 297 g/mol. The lowest BCUT2D eigenvalue weighted by atomic mass is 10.1. The molecule has 0 atom stereocenters. The number of halogens is 2. The quantitative estimate of drug-likeness (QED) is 0.940. The molecule has 1 N–H and O–H groups in total. The first kappa shape index (κ1) is 14.9. The van der Waals surface area contributed by atoms with Crippen molar-refractivity contribution in [2.75, 3.05) is 0 Å². The smallest absolute Gasteiger partial charge is 0.240 e. The maximum absolute atomic E-state index is 13.8. The van der Waals surface area contributed by atoms with Crippen LogP contribution in [0, 0.1) is 5.82 Å². The summed E-state index contributed by atoms with van der Waals surface area (Å²) in [6, 6.07) is 4.86. The van der Waals surface area contributed by atoms with E-state index in [1.54, 1.807) is 12.1 Å². The van der Waals surface area contributed by atoms with Crippen molar-refractivity contribution < 1.29 is 8.91 Å². The molecule has 0 aliphatic heterocycles. The number of aromatic nitrogens is 2. The third kappa shape index (κ3) is 4.02. The van der Waals surface area contributed by atoms with Crippen LogP contribution in [0.1, 0.15) is 38.0 Å². The van der Waals surface area contributed by atoms with E-state index >= 15 is 0 Å². The molecule has 0 radical (unpaired) electrons. The Morgan fingerprint density at radius 2 is 2.10 bits per heavy atom. The van der Waals surface area contributed by atoms with Crippen molar-refractivity contribution in [1.82, 2.24) is 15.5 Å². The van der Waals surface area contributed by atoms with Crippen LogP contribution in [0.15, 0.2) is 22.7 Å². The van der Waals surface area contributed by atoms with Gasteiger partial charge in [0.05, 0.1) is 11.6 Å². The van der Waals surface area contributed by atoms with Gasteiger partial charge in [-0.05, 0) is 32.4 Å². The molecule has 0 bridgehead atoms. The van der Waals surface area contributed by atoms with Crippen molar-refractivity contribution in [2.24, 2.45) is 0 Å². The van der Waals surface area contributed by atoms with Gasteiger partial charge in [0.15, 0.2) is 5.82 Å². The molecule has 0 unspecified atom stereocenters. The van der Waals surface area contributed by atoms with Gasteiger partial charge in [-0.2, -0.15) is 4.98 Å². The average molecular weight is 298 g/mol. The zero-order valence-corrected chi connectivity index (χ0v) is 12.5. The Hall–Kier alpha value is -1.46. The fraction of sp³-hybridized carbons (Fsp3) is 0.429. The molecule has 1 heterocycles. The van der Waals surface area contributed by atoms with Crippen LogP contribution in [0.3, 0.4) is 0 Å². The topological polar surface area (TPSA) is 51.0 Å². The molecule has 2 aromatic rings. The second-order valence-corrected chi connectivity index (χ2v) is 6.00. The van der Waals surface area contributed by atoms with Crippen molar-refractivity contribution >= 4 is 11.6 Å². The summed E-state index contributed by atoms with van der Waals surface area (Å²) in [6.07, 6.45) is 0.255. The van der Waals surface area contributed by atoms with Gasteiger partial charge < -0.3 is 9.84 Å². The Bertz CT molecular complexity index is 592. The summed E-state index contributed by atoms with van der Waals surface area (Å²) in [5, 5.41) is 7.19.